The van der Waals surface area contributed by atoms with Crippen LogP contribution in [0.5, 0.6) is 11.5 Å². The van der Waals surface area contributed by atoms with Crippen molar-refractivity contribution >= 4 is 26.7 Å². The lowest BCUT2D eigenvalue weighted by Crippen LogP contribution is -1.88. The van der Waals surface area contributed by atoms with Crippen LogP contribution in [0.3, 0.4) is 0 Å². The van der Waals surface area contributed by atoms with Crippen LogP contribution in [0.4, 0.5) is 0 Å². The van der Waals surface area contributed by atoms with Crippen LogP contribution in [0.25, 0.3) is 10.8 Å². The van der Waals surface area contributed by atoms with E-state index in [9.17, 15) is 0 Å². The van der Waals surface area contributed by atoms with Crippen LogP contribution in [0.1, 0.15) is 5.69 Å². The lowest BCUT2D eigenvalue weighted by atomic mass is 10.1. The lowest BCUT2D eigenvalue weighted by Gasteiger charge is -2.10. The van der Waals surface area contributed by atoms with Gasteiger partial charge in [-0.25, -0.2) is 0 Å². The predicted octanol–water partition coefficient (Wildman–Crippen LogP) is 5.10. The Balaban J connectivity index is 2.04. The average Bonchev–Trinajstić information content (AvgIpc) is 2.42. The first-order valence-corrected chi connectivity index (χ1v) is 6.81. The minimum atomic E-state index is 0.795. The largest absolute Gasteiger partial charge is 0.456 e. The summed E-state index contributed by atoms with van der Waals surface area (Å²) >= 11 is 3.62. The van der Waals surface area contributed by atoms with E-state index in [1.807, 2.05) is 37.3 Å². The van der Waals surface area contributed by atoms with Crippen LogP contribution in [0.15, 0.2) is 59.2 Å². The minimum Gasteiger partial charge on any atom is -0.456 e. The first-order chi connectivity index (χ1) is 9.24. The molecule has 2 nitrogen and oxygen atoms in total. The first kappa shape index (κ1) is 12.2. The fraction of sp³-hybridized carbons (Fsp3) is 0.0625. The maximum atomic E-state index is 5.91. The number of aromatic nitrogens is 1. The molecule has 0 spiro atoms. The second-order valence-corrected chi connectivity index (χ2v) is 5.13. The highest BCUT2D eigenvalue weighted by Crippen LogP contribution is 2.35. The topological polar surface area (TPSA) is 22.1 Å². The summed E-state index contributed by atoms with van der Waals surface area (Å²) in [5.74, 6) is 1.60. The summed E-state index contributed by atoms with van der Waals surface area (Å²) in [6, 6.07) is 16.0. The van der Waals surface area contributed by atoms with Crippen molar-refractivity contribution in [2.75, 3.05) is 0 Å². The molecule has 0 aliphatic rings. The Morgan fingerprint density at radius 1 is 1.05 bits per heavy atom. The third kappa shape index (κ3) is 2.47. The highest BCUT2D eigenvalue weighted by Gasteiger charge is 2.07. The van der Waals surface area contributed by atoms with Gasteiger partial charge in [0.25, 0.3) is 0 Å². The average molecular weight is 314 g/mol. The highest BCUT2D eigenvalue weighted by atomic mass is 79.9. The molecular formula is C16H12BrNO. The SMILES string of the molecule is Cc1cc(Oc2ccc3ccccc3c2Br)ccn1. The van der Waals surface area contributed by atoms with Gasteiger partial charge in [0.15, 0.2) is 0 Å². The quantitative estimate of drug-likeness (QED) is 0.656. The molecule has 0 amide bonds. The number of hydrogen-bond donors (Lipinski definition) is 0. The molecule has 0 atom stereocenters. The lowest BCUT2D eigenvalue weighted by molar-refractivity contribution is 0.479. The van der Waals surface area contributed by atoms with E-state index in [1.54, 1.807) is 6.20 Å². The number of nitrogens with zero attached hydrogens (tertiary/aromatic N) is 1. The maximum Gasteiger partial charge on any atom is 0.142 e. The van der Waals surface area contributed by atoms with E-state index < -0.39 is 0 Å². The number of halogens is 1. The van der Waals surface area contributed by atoms with Gasteiger partial charge in [-0.1, -0.05) is 30.3 Å². The molecule has 0 bridgehead atoms. The van der Waals surface area contributed by atoms with Crippen molar-refractivity contribution in [2.24, 2.45) is 0 Å². The van der Waals surface area contributed by atoms with Crippen molar-refractivity contribution in [2.45, 2.75) is 6.92 Å². The standard InChI is InChI=1S/C16H12BrNO/c1-11-10-13(8-9-18-11)19-15-7-6-12-4-2-3-5-14(12)16(15)17/h2-10H,1H3. The van der Waals surface area contributed by atoms with E-state index >= 15 is 0 Å². The molecule has 19 heavy (non-hydrogen) atoms. The Kier molecular flexibility index (Phi) is 3.22. The predicted molar refractivity (Wildman–Crippen MR) is 80.7 cm³/mol. The summed E-state index contributed by atoms with van der Waals surface area (Å²) in [5, 5.41) is 2.33. The van der Waals surface area contributed by atoms with E-state index in [2.05, 4.69) is 39.1 Å². The molecule has 0 saturated carbocycles. The van der Waals surface area contributed by atoms with Crippen LogP contribution in [0, 0.1) is 6.92 Å². The molecular weight excluding hydrogens is 302 g/mol. The van der Waals surface area contributed by atoms with Gasteiger partial charge < -0.3 is 4.74 Å². The normalized spacial score (nSPS) is 10.6. The van der Waals surface area contributed by atoms with Gasteiger partial charge in [-0.05, 0) is 45.8 Å². The Morgan fingerprint density at radius 3 is 2.74 bits per heavy atom. The van der Waals surface area contributed by atoms with Crippen molar-refractivity contribution < 1.29 is 4.74 Å². The molecule has 0 aliphatic heterocycles. The summed E-state index contributed by atoms with van der Waals surface area (Å²) in [6.45, 7) is 1.95. The molecule has 3 aromatic rings. The van der Waals surface area contributed by atoms with Gasteiger partial charge in [0, 0.05) is 18.0 Å². The molecule has 0 N–H and O–H groups in total. The zero-order chi connectivity index (χ0) is 13.2. The molecule has 0 saturated heterocycles. The molecule has 0 aliphatic carbocycles. The van der Waals surface area contributed by atoms with Gasteiger partial charge in [-0.2, -0.15) is 0 Å². The summed E-state index contributed by atoms with van der Waals surface area (Å²) < 4.78 is 6.88. The molecule has 0 unspecified atom stereocenters. The summed E-state index contributed by atoms with van der Waals surface area (Å²) in [5.41, 5.74) is 0.939. The van der Waals surface area contributed by atoms with Crippen LogP contribution in [-0.4, -0.2) is 4.98 Å². The molecule has 3 heteroatoms. The Hall–Kier alpha value is -1.87. The van der Waals surface area contributed by atoms with Crippen LogP contribution >= 0.6 is 15.9 Å². The number of pyridine rings is 1. The minimum absolute atomic E-state index is 0.795. The van der Waals surface area contributed by atoms with E-state index in [-0.39, 0.29) is 0 Å². The third-order valence-corrected chi connectivity index (χ3v) is 3.74. The zero-order valence-electron chi connectivity index (χ0n) is 10.4. The van der Waals surface area contributed by atoms with Crippen LogP contribution in [0.2, 0.25) is 0 Å². The van der Waals surface area contributed by atoms with Gasteiger partial charge in [0.05, 0.1) is 4.47 Å². The summed E-state index contributed by atoms with van der Waals surface area (Å²) in [6.07, 6.45) is 1.75. The molecule has 94 valence electrons. The van der Waals surface area contributed by atoms with Gasteiger partial charge in [0.2, 0.25) is 0 Å². The van der Waals surface area contributed by atoms with Crippen molar-refractivity contribution in [3.05, 3.63) is 64.9 Å². The Bertz CT molecular complexity index is 740. The number of hydrogen-bond acceptors (Lipinski definition) is 2. The van der Waals surface area contributed by atoms with Crippen LogP contribution in [-0.2, 0) is 0 Å². The van der Waals surface area contributed by atoms with Crippen molar-refractivity contribution in [1.29, 1.82) is 0 Å². The molecule has 3 rings (SSSR count). The Labute approximate surface area is 120 Å². The van der Waals surface area contributed by atoms with Gasteiger partial charge >= 0.3 is 0 Å². The number of aryl methyl sites for hydroxylation is 1. The third-order valence-electron chi connectivity index (χ3n) is 2.92. The summed E-state index contributed by atoms with van der Waals surface area (Å²) in [4.78, 5) is 4.16. The fourth-order valence-corrected chi connectivity index (χ4v) is 2.58. The molecule has 1 aromatic heterocycles. The summed E-state index contributed by atoms with van der Waals surface area (Å²) in [7, 11) is 0. The number of ether oxygens (including phenoxy) is 1. The second kappa shape index (κ2) is 5.02. The fourth-order valence-electron chi connectivity index (χ4n) is 2.00. The maximum absolute atomic E-state index is 5.91. The van der Waals surface area contributed by atoms with Crippen molar-refractivity contribution in [3.63, 3.8) is 0 Å². The number of rotatable bonds is 2. The number of benzene rings is 2. The monoisotopic (exact) mass is 313 g/mol. The molecule has 0 radical (unpaired) electrons. The highest BCUT2D eigenvalue weighted by molar-refractivity contribution is 9.10. The molecule has 2 aromatic carbocycles. The molecule has 0 fully saturated rings. The van der Waals surface area contributed by atoms with Gasteiger partial charge in [-0.15, -0.1) is 0 Å². The van der Waals surface area contributed by atoms with Crippen molar-refractivity contribution in [1.82, 2.24) is 4.98 Å². The molecule has 1 heterocycles. The van der Waals surface area contributed by atoms with Gasteiger partial charge in [-0.3, -0.25) is 4.98 Å². The van der Waals surface area contributed by atoms with E-state index in [0.29, 0.717) is 0 Å². The Morgan fingerprint density at radius 2 is 1.89 bits per heavy atom. The first-order valence-electron chi connectivity index (χ1n) is 6.02. The smallest absolute Gasteiger partial charge is 0.142 e. The van der Waals surface area contributed by atoms with Gasteiger partial charge in [0.1, 0.15) is 11.5 Å². The van der Waals surface area contributed by atoms with Crippen molar-refractivity contribution in [3.8, 4) is 11.5 Å². The van der Waals surface area contributed by atoms with E-state index in [0.717, 1.165) is 27.1 Å². The van der Waals surface area contributed by atoms with Crippen LogP contribution < -0.4 is 4.74 Å². The van der Waals surface area contributed by atoms with E-state index in [1.165, 1.54) is 5.39 Å². The second-order valence-electron chi connectivity index (χ2n) is 4.33. The van der Waals surface area contributed by atoms with E-state index in [4.69, 9.17) is 4.74 Å². The number of fused-ring (bicyclic) bond motifs is 1. The zero-order valence-corrected chi connectivity index (χ0v) is 12.0.